The van der Waals surface area contributed by atoms with Gasteiger partial charge in [0.05, 0.1) is 10.0 Å². The summed E-state index contributed by atoms with van der Waals surface area (Å²) in [6.07, 6.45) is -0.961. The molecule has 0 aliphatic carbocycles. The largest absolute Gasteiger partial charge is 0.465 e. The highest BCUT2D eigenvalue weighted by atomic mass is 35.5. The van der Waals surface area contributed by atoms with Crippen molar-refractivity contribution in [3.8, 4) is 0 Å². The van der Waals surface area contributed by atoms with Crippen molar-refractivity contribution in [1.82, 2.24) is 5.32 Å². The lowest BCUT2D eigenvalue weighted by Crippen LogP contribution is -2.19. The second kappa shape index (κ2) is 7.63. The number of hydrogen-bond acceptors (Lipinski definition) is 1. The Morgan fingerprint density at radius 3 is 2.20 bits per heavy atom. The van der Waals surface area contributed by atoms with Crippen LogP contribution < -0.4 is 5.32 Å². The van der Waals surface area contributed by atoms with E-state index >= 15 is 0 Å². The number of carbonyl (C=O) groups is 1. The second-order valence-corrected chi connectivity index (χ2v) is 3.64. The zero-order chi connectivity index (χ0) is 11.8. The molecule has 0 unspecified atom stereocenters. The highest BCUT2D eigenvalue weighted by Gasteiger charge is 1.94. The summed E-state index contributed by atoms with van der Waals surface area (Å²) in [5.41, 5.74) is 0. The van der Waals surface area contributed by atoms with Gasteiger partial charge in [-0.05, 0) is 25.1 Å². The zero-order valence-corrected chi connectivity index (χ0v) is 10.2. The predicted octanol–water partition coefficient (Wildman–Crippen LogP) is 3.92. The van der Waals surface area contributed by atoms with Gasteiger partial charge < -0.3 is 10.4 Å². The van der Waals surface area contributed by atoms with Crippen LogP contribution in [0.1, 0.15) is 6.92 Å². The minimum absolute atomic E-state index is 0.481. The average Bonchev–Trinajstić information content (AvgIpc) is 2.13. The Morgan fingerprint density at radius 2 is 1.93 bits per heavy atom. The van der Waals surface area contributed by atoms with Crippen LogP contribution in [0.3, 0.4) is 0 Å². The van der Waals surface area contributed by atoms with Crippen LogP contribution in [0, 0.1) is 0 Å². The molecule has 0 spiro atoms. The van der Waals surface area contributed by atoms with Crippen LogP contribution in [-0.4, -0.2) is 17.7 Å². The normalized spacial score (nSPS) is 8.80. The summed E-state index contributed by atoms with van der Waals surface area (Å²) in [7, 11) is 0. The monoisotopic (exact) mass is 269 g/mol. The van der Waals surface area contributed by atoms with Gasteiger partial charge >= 0.3 is 6.09 Å². The molecule has 0 heterocycles. The molecule has 0 saturated carbocycles. The molecular formula is C9H10Cl3NO2. The third kappa shape index (κ3) is 7.31. The Labute approximate surface area is 103 Å². The van der Waals surface area contributed by atoms with E-state index in [1.807, 2.05) is 0 Å². The van der Waals surface area contributed by atoms with Gasteiger partial charge in [-0.25, -0.2) is 4.79 Å². The number of carboxylic acid groups (broad SMARTS) is 1. The predicted molar refractivity (Wildman–Crippen MR) is 63.2 cm³/mol. The summed E-state index contributed by atoms with van der Waals surface area (Å²) in [4.78, 5) is 9.49. The van der Waals surface area contributed by atoms with E-state index in [2.05, 4.69) is 5.32 Å². The van der Waals surface area contributed by atoms with Crippen LogP contribution in [-0.2, 0) is 0 Å². The van der Waals surface area contributed by atoms with Crippen molar-refractivity contribution in [1.29, 1.82) is 0 Å². The van der Waals surface area contributed by atoms with E-state index in [1.165, 1.54) is 0 Å². The van der Waals surface area contributed by atoms with Crippen molar-refractivity contribution < 1.29 is 9.90 Å². The minimum Gasteiger partial charge on any atom is -0.465 e. The molecule has 1 aromatic carbocycles. The lowest BCUT2D eigenvalue weighted by Gasteiger charge is -1.92. The van der Waals surface area contributed by atoms with Crippen LogP contribution in [0.25, 0.3) is 0 Å². The molecule has 0 aliphatic rings. The van der Waals surface area contributed by atoms with Crippen molar-refractivity contribution in [2.24, 2.45) is 0 Å². The first-order valence-electron chi connectivity index (χ1n) is 4.04. The SMILES string of the molecule is CCNC(=O)O.Clc1ccc(Cl)c(Cl)c1. The molecule has 6 heteroatoms. The molecule has 0 fully saturated rings. The summed E-state index contributed by atoms with van der Waals surface area (Å²) in [6.45, 7) is 2.21. The first-order chi connectivity index (χ1) is 6.97. The molecule has 0 saturated heterocycles. The molecule has 0 aromatic heterocycles. The highest BCUT2D eigenvalue weighted by molar-refractivity contribution is 6.43. The van der Waals surface area contributed by atoms with Gasteiger partial charge in [0, 0.05) is 11.6 Å². The molecule has 15 heavy (non-hydrogen) atoms. The van der Waals surface area contributed by atoms with Gasteiger partial charge in [0.25, 0.3) is 0 Å². The van der Waals surface area contributed by atoms with Crippen molar-refractivity contribution in [2.75, 3.05) is 6.54 Å². The van der Waals surface area contributed by atoms with Crippen molar-refractivity contribution >= 4 is 40.9 Å². The number of rotatable bonds is 1. The van der Waals surface area contributed by atoms with Gasteiger partial charge in [-0.3, -0.25) is 0 Å². The van der Waals surface area contributed by atoms with Crippen LogP contribution in [0.5, 0.6) is 0 Å². The molecule has 1 rings (SSSR count). The quantitative estimate of drug-likeness (QED) is 0.760. The van der Waals surface area contributed by atoms with E-state index in [4.69, 9.17) is 39.9 Å². The Morgan fingerprint density at radius 1 is 1.33 bits per heavy atom. The Kier molecular flexibility index (Phi) is 7.30. The van der Waals surface area contributed by atoms with Gasteiger partial charge in [-0.2, -0.15) is 0 Å². The first-order valence-corrected chi connectivity index (χ1v) is 5.18. The zero-order valence-electron chi connectivity index (χ0n) is 7.93. The number of halogens is 3. The number of benzene rings is 1. The Balaban J connectivity index is 0.000000288. The fourth-order valence-electron chi connectivity index (χ4n) is 0.622. The van der Waals surface area contributed by atoms with E-state index in [-0.39, 0.29) is 0 Å². The van der Waals surface area contributed by atoms with Crippen LogP contribution in [0.2, 0.25) is 15.1 Å². The van der Waals surface area contributed by atoms with E-state index in [1.54, 1.807) is 25.1 Å². The van der Waals surface area contributed by atoms with Crippen molar-refractivity contribution in [2.45, 2.75) is 6.92 Å². The third-order valence-electron chi connectivity index (χ3n) is 1.21. The summed E-state index contributed by atoms with van der Waals surface area (Å²) in [5.74, 6) is 0. The smallest absolute Gasteiger partial charge is 0.404 e. The van der Waals surface area contributed by atoms with E-state index in [9.17, 15) is 4.79 Å². The minimum atomic E-state index is -0.961. The molecule has 3 nitrogen and oxygen atoms in total. The fourth-order valence-corrected chi connectivity index (χ4v) is 1.15. The highest BCUT2D eigenvalue weighted by Crippen LogP contribution is 2.24. The van der Waals surface area contributed by atoms with Crippen molar-refractivity contribution in [3.63, 3.8) is 0 Å². The maximum Gasteiger partial charge on any atom is 0.404 e. The topological polar surface area (TPSA) is 49.3 Å². The maximum absolute atomic E-state index is 9.49. The Hall–Kier alpha value is -0.640. The average molecular weight is 271 g/mol. The second-order valence-electron chi connectivity index (χ2n) is 2.39. The molecular weight excluding hydrogens is 260 g/mol. The van der Waals surface area contributed by atoms with E-state index in [0.717, 1.165) is 0 Å². The van der Waals surface area contributed by atoms with Gasteiger partial charge in [0.2, 0.25) is 0 Å². The molecule has 1 amide bonds. The van der Waals surface area contributed by atoms with Gasteiger partial charge in [-0.15, -0.1) is 0 Å². The lowest BCUT2D eigenvalue weighted by atomic mass is 10.4. The molecule has 0 bridgehead atoms. The van der Waals surface area contributed by atoms with Crippen LogP contribution in [0.15, 0.2) is 18.2 Å². The van der Waals surface area contributed by atoms with Crippen LogP contribution in [0.4, 0.5) is 4.79 Å². The van der Waals surface area contributed by atoms with Gasteiger partial charge in [0.1, 0.15) is 0 Å². The summed E-state index contributed by atoms with van der Waals surface area (Å²) < 4.78 is 0. The molecule has 0 aliphatic heterocycles. The molecule has 0 atom stereocenters. The van der Waals surface area contributed by atoms with E-state index in [0.29, 0.717) is 21.6 Å². The van der Waals surface area contributed by atoms with Gasteiger partial charge in [0.15, 0.2) is 0 Å². The molecule has 0 radical (unpaired) electrons. The number of amides is 1. The number of nitrogens with one attached hydrogen (secondary N) is 1. The summed E-state index contributed by atoms with van der Waals surface area (Å²) in [6, 6.07) is 4.95. The Bertz CT molecular complexity index is 331. The lowest BCUT2D eigenvalue weighted by molar-refractivity contribution is 0.195. The molecule has 1 aromatic rings. The summed E-state index contributed by atoms with van der Waals surface area (Å²) >= 11 is 16.8. The van der Waals surface area contributed by atoms with E-state index < -0.39 is 6.09 Å². The third-order valence-corrected chi connectivity index (χ3v) is 2.18. The van der Waals surface area contributed by atoms with Gasteiger partial charge in [-0.1, -0.05) is 34.8 Å². The van der Waals surface area contributed by atoms with Crippen molar-refractivity contribution in [3.05, 3.63) is 33.3 Å². The fraction of sp³-hybridized carbons (Fsp3) is 0.222. The molecule has 84 valence electrons. The molecule has 2 N–H and O–H groups in total. The maximum atomic E-state index is 9.49. The number of hydrogen-bond donors (Lipinski definition) is 2. The first kappa shape index (κ1) is 14.4. The summed E-state index contributed by atoms with van der Waals surface area (Å²) in [5, 5.41) is 11.5. The standard InChI is InChI=1S/C6H3Cl3.C3H7NO2/c7-4-1-2-5(8)6(9)3-4;1-2-4-3(5)6/h1-3H;4H,2H2,1H3,(H,5,6). The van der Waals surface area contributed by atoms with Crippen LogP contribution >= 0.6 is 34.8 Å².